The first kappa shape index (κ1) is 18.9. The molecule has 0 aromatic heterocycles. The summed E-state index contributed by atoms with van der Waals surface area (Å²) in [7, 11) is 0. The second-order valence-corrected chi connectivity index (χ2v) is 7.44. The molecule has 0 fully saturated rings. The average Bonchev–Trinajstić information content (AvgIpc) is 2.99. The van der Waals surface area contributed by atoms with Crippen molar-refractivity contribution >= 4 is 46.7 Å². The molecule has 0 bridgehead atoms. The molecule has 0 atom stereocenters. The van der Waals surface area contributed by atoms with Crippen molar-refractivity contribution < 1.29 is 14.3 Å². The van der Waals surface area contributed by atoms with Crippen LogP contribution in [0.3, 0.4) is 0 Å². The van der Waals surface area contributed by atoms with Gasteiger partial charge in [-0.3, -0.25) is 4.79 Å². The standard InChI is InChI=1S/C22H13Cl3O3/c23-15-4-1-13(2-5-15)12-27-16-6-7-17-20(11-16)28-21(22(17)26)10-14-3-8-18(24)19(25)9-14/h1-11H,12H2/b21-10-. The molecule has 0 N–H and O–H groups in total. The van der Waals surface area contributed by atoms with E-state index in [9.17, 15) is 4.79 Å². The monoisotopic (exact) mass is 430 g/mol. The molecule has 140 valence electrons. The smallest absolute Gasteiger partial charge is 0.231 e. The van der Waals surface area contributed by atoms with Crippen molar-refractivity contribution in [3.05, 3.63) is 98.2 Å². The van der Waals surface area contributed by atoms with Crippen molar-refractivity contribution in [2.75, 3.05) is 0 Å². The predicted octanol–water partition coefficient (Wildman–Crippen LogP) is 6.84. The quantitative estimate of drug-likeness (QED) is 0.424. The van der Waals surface area contributed by atoms with Crippen molar-refractivity contribution in [3.63, 3.8) is 0 Å². The van der Waals surface area contributed by atoms with E-state index in [-0.39, 0.29) is 11.5 Å². The van der Waals surface area contributed by atoms with Crippen LogP contribution in [0.4, 0.5) is 0 Å². The Hall–Kier alpha value is -2.46. The van der Waals surface area contributed by atoms with Gasteiger partial charge in [-0.15, -0.1) is 0 Å². The van der Waals surface area contributed by atoms with Crippen LogP contribution in [-0.2, 0) is 6.61 Å². The van der Waals surface area contributed by atoms with Crippen molar-refractivity contribution in [1.29, 1.82) is 0 Å². The molecule has 3 aromatic rings. The fourth-order valence-electron chi connectivity index (χ4n) is 2.76. The Morgan fingerprint density at radius 2 is 1.68 bits per heavy atom. The molecular formula is C22H13Cl3O3. The Kier molecular flexibility index (Phi) is 5.31. The summed E-state index contributed by atoms with van der Waals surface area (Å²) in [6, 6.07) is 17.7. The molecule has 6 heteroatoms. The van der Waals surface area contributed by atoms with Crippen LogP contribution in [0.1, 0.15) is 21.5 Å². The van der Waals surface area contributed by atoms with Crippen molar-refractivity contribution in [3.8, 4) is 11.5 Å². The Labute approximate surface area is 177 Å². The summed E-state index contributed by atoms with van der Waals surface area (Å²) in [6.07, 6.45) is 1.64. The maximum absolute atomic E-state index is 12.6. The number of Topliss-reactive ketones (excluding diaryl/α,β-unsaturated/α-hetero) is 1. The molecule has 0 saturated heterocycles. The van der Waals surface area contributed by atoms with E-state index in [1.807, 2.05) is 24.3 Å². The molecule has 0 amide bonds. The van der Waals surface area contributed by atoms with E-state index in [4.69, 9.17) is 44.3 Å². The van der Waals surface area contributed by atoms with E-state index in [0.717, 1.165) is 11.1 Å². The third kappa shape index (κ3) is 4.02. The summed E-state index contributed by atoms with van der Waals surface area (Å²) in [5.41, 5.74) is 2.21. The topological polar surface area (TPSA) is 35.5 Å². The molecule has 1 heterocycles. The Morgan fingerprint density at radius 3 is 2.43 bits per heavy atom. The SMILES string of the molecule is O=C1/C(=C/c2ccc(Cl)c(Cl)c2)Oc2cc(OCc3ccc(Cl)cc3)ccc21. The molecule has 0 spiro atoms. The second-order valence-electron chi connectivity index (χ2n) is 6.19. The molecule has 3 aromatic carbocycles. The largest absolute Gasteiger partial charge is 0.489 e. The van der Waals surface area contributed by atoms with E-state index < -0.39 is 0 Å². The van der Waals surface area contributed by atoms with Crippen LogP contribution in [0.25, 0.3) is 6.08 Å². The van der Waals surface area contributed by atoms with Gasteiger partial charge in [0.05, 0.1) is 15.6 Å². The van der Waals surface area contributed by atoms with Crippen LogP contribution in [-0.4, -0.2) is 5.78 Å². The van der Waals surface area contributed by atoms with Crippen LogP contribution < -0.4 is 9.47 Å². The van der Waals surface area contributed by atoms with Crippen LogP contribution in [0.2, 0.25) is 15.1 Å². The van der Waals surface area contributed by atoms with E-state index in [1.165, 1.54) is 0 Å². The highest BCUT2D eigenvalue weighted by atomic mass is 35.5. The number of halogens is 3. The zero-order chi connectivity index (χ0) is 19.7. The number of rotatable bonds is 4. The lowest BCUT2D eigenvalue weighted by Gasteiger charge is -2.07. The van der Waals surface area contributed by atoms with E-state index in [0.29, 0.717) is 38.7 Å². The summed E-state index contributed by atoms with van der Waals surface area (Å²) < 4.78 is 11.5. The molecule has 0 radical (unpaired) electrons. The first-order valence-electron chi connectivity index (χ1n) is 8.40. The highest BCUT2D eigenvalue weighted by molar-refractivity contribution is 6.42. The Morgan fingerprint density at radius 1 is 0.893 bits per heavy atom. The Balaban J connectivity index is 1.51. The summed E-state index contributed by atoms with van der Waals surface area (Å²) in [4.78, 5) is 12.6. The van der Waals surface area contributed by atoms with Crippen molar-refractivity contribution in [2.24, 2.45) is 0 Å². The van der Waals surface area contributed by atoms with Crippen LogP contribution >= 0.6 is 34.8 Å². The molecule has 1 aliphatic rings. The number of ketones is 1. The third-order valence-electron chi connectivity index (χ3n) is 4.20. The lowest BCUT2D eigenvalue weighted by molar-refractivity contribution is 0.101. The van der Waals surface area contributed by atoms with Gasteiger partial charge in [0, 0.05) is 11.1 Å². The number of benzene rings is 3. The molecule has 0 unspecified atom stereocenters. The van der Waals surface area contributed by atoms with Gasteiger partial charge < -0.3 is 9.47 Å². The first-order chi connectivity index (χ1) is 13.5. The summed E-state index contributed by atoms with van der Waals surface area (Å²) >= 11 is 17.8. The minimum absolute atomic E-state index is 0.190. The van der Waals surface area contributed by atoms with Crippen LogP contribution in [0.5, 0.6) is 11.5 Å². The zero-order valence-electron chi connectivity index (χ0n) is 14.4. The lowest BCUT2D eigenvalue weighted by Crippen LogP contribution is -1.98. The molecule has 4 rings (SSSR count). The van der Waals surface area contributed by atoms with Gasteiger partial charge in [0.2, 0.25) is 5.78 Å². The second kappa shape index (κ2) is 7.88. The predicted molar refractivity (Wildman–Crippen MR) is 112 cm³/mol. The third-order valence-corrected chi connectivity index (χ3v) is 5.19. The number of hydrogen-bond acceptors (Lipinski definition) is 3. The fraction of sp³-hybridized carbons (Fsp3) is 0.0455. The highest BCUT2D eigenvalue weighted by Crippen LogP contribution is 2.35. The molecule has 1 aliphatic heterocycles. The summed E-state index contributed by atoms with van der Waals surface area (Å²) in [5.74, 6) is 1.11. The first-order valence-corrected chi connectivity index (χ1v) is 9.53. The van der Waals surface area contributed by atoms with Crippen molar-refractivity contribution in [2.45, 2.75) is 6.61 Å². The summed E-state index contributed by atoms with van der Waals surface area (Å²) in [5, 5.41) is 1.54. The summed E-state index contributed by atoms with van der Waals surface area (Å²) in [6.45, 7) is 0.385. The van der Waals surface area contributed by atoms with Gasteiger partial charge >= 0.3 is 0 Å². The molecule has 0 saturated carbocycles. The number of carbonyl (C=O) groups is 1. The number of hydrogen-bond donors (Lipinski definition) is 0. The highest BCUT2D eigenvalue weighted by Gasteiger charge is 2.27. The van der Waals surface area contributed by atoms with Crippen LogP contribution in [0, 0.1) is 0 Å². The van der Waals surface area contributed by atoms with E-state index >= 15 is 0 Å². The minimum Gasteiger partial charge on any atom is -0.489 e. The molecule has 3 nitrogen and oxygen atoms in total. The van der Waals surface area contributed by atoms with Crippen LogP contribution in [0.15, 0.2) is 66.4 Å². The van der Waals surface area contributed by atoms with Gasteiger partial charge in [0.25, 0.3) is 0 Å². The van der Waals surface area contributed by atoms with Gasteiger partial charge in [-0.2, -0.15) is 0 Å². The minimum atomic E-state index is -0.190. The lowest BCUT2D eigenvalue weighted by atomic mass is 10.1. The van der Waals surface area contributed by atoms with Gasteiger partial charge in [-0.05, 0) is 53.6 Å². The van der Waals surface area contributed by atoms with Gasteiger partial charge in [0.1, 0.15) is 18.1 Å². The normalized spacial score (nSPS) is 14.1. The van der Waals surface area contributed by atoms with Gasteiger partial charge in [0.15, 0.2) is 5.76 Å². The maximum atomic E-state index is 12.6. The van der Waals surface area contributed by atoms with E-state index in [1.54, 1.807) is 42.5 Å². The zero-order valence-corrected chi connectivity index (χ0v) is 16.7. The molecular weight excluding hydrogens is 419 g/mol. The van der Waals surface area contributed by atoms with Crippen molar-refractivity contribution in [1.82, 2.24) is 0 Å². The average molecular weight is 432 g/mol. The molecule has 0 aliphatic carbocycles. The Bertz CT molecular complexity index is 1090. The van der Waals surface area contributed by atoms with Gasteiger partial charge in [-0.1, -0.05) is 53.0 Å². The molecule has 28 heavy (non-hydrogen) atoms. The number of ether oxygens (including phenoxy) is 2. The number of carbonyl (C=O) groups excluding carboxylic acids is 1. The maximum Gasteiger partial charge on any atom is 0.231 e. The van der Waals surface area contributed by atoms with Gasteiger partial charge in [-0.25, -0.2) is 0 Å². The fourth-order valence-corrected chi connectivity index (χ4v) is 3.19. The number of allylic oxidation sites excluding steroid dienone is 1. The number of fused-ring (bicyclic) bond motifs is 1. The van der Waals surface area contributed by atoms with E-state index in [2.05, 4.69) is 0 Å².